The molecule has 1 fully saturated rings. The molecule has 0 spiro atoms. The number of halogens is 1. The number of likely N-dealkylation sites (tertiary alicyclic amines) is 1. The number of phenols is 2. The first-order chi connectivity index (χ1) is 17.4. The van der Waals surface area contributed by atoms with Gasteiger partial charge in [-0.25, -0.2) is 0 Å². The van der Waals surface area contributed by atoms with Crippen LogP contribution in [0.3, 0.4) is 0 Å². The Morgan fingerprint density at radius 1 is 1.08 bits per heavy atom. The third-order valence-corrected chi connectivity index (χ3v) is 8.01. The molecule has 0 radical (unpaired) electrons. The van der Waals surface area contributed by atoms with Crippen molar-refractivity contribution in [1.29, 1.82) is 0 Å². The molecule has 186 valence electrons. The topological polar surface area (TPSA) is 70.0 Å². The number of rotatable bonds is 8. The highest BCUT2D eigenvalue weighted by molar-refractivity contribution is 7.22. The van der Waals surface area contributed by atoms with E-state index in [0.717, 1.165) is 34.7 Å². The zero-order valence-corrected chi connectivity index (χ0v) is 20.8. The fourth-order valence-corrected chi connectivity index (χ4v) is 5.87. The zero-order valence-electron chi connectivity index (χ0n) is 20.0. The second kappa shape index (κ2) is 10.3. The molecule has 5 nitrogen and oxygen atoms in total. The number of ether oxygens (including phenoxy) is 1. The highest BCUT2D eigenvalue weighted by atomic mass is 32.1. The number of alkyl halides is 1. The van der Waals surface area contributed by atoms with Crippen molar-refractivity contribution in [3.8, 4) is 27.7 Å². The van der Waals surface area contributed by atoms with Gasteiger partial charge in [0.2, 0.25) is 0 Å². The first kappa shape index (κ1) is 24.3. The van der Waals surface area contributed by atoms with Gasteiger partial charge in [0, 0.05) is 44.6 Å². The lowest BCUT2D eigenvalue weighted by atomic mass is 9.97. The van der Waals surface area contributed by atoms with Gasteiger partial charge in [-0.15, -0.1) is 11.3 Å². The van der Waals surface area contributed by atoms with Crippen LogP contribution in [0.4, 0.5) is 4.39 Å². The highest BCUT2D eigenvalue weighted by Crippen LogP contribution is 2.41. The summed E-state index contributed by atoms with van der Waals surface area (Å²) < 4.78 is 19.8. The van der Waals surface area contributed by atoms with E-state index in [9.17, 15) is 19.4 Å². The fraction of sp³-hybridized carbons (Fsp3) is 0.276. The average Bonchev–Trinajstić information content (AvgIpc) is 3.52. The van der Waals surface area contributed by atoms with Crippen LogP contribution in [0.15, 0.2) is 66.7 Å². The number of fused-ring (bicyclic) bond motifs is 1. The van der Waals surface area contributed by atoms with Gasteiger partial charge in [-0.1, -0.05) is 0 Å². The number of hydrogen-bond donors (Lipinski definition) is 2. The largest absolute Gasteiger partial charge is 0.508 e. The Balaban J connectivity index is 1.37. The number of phenolic OH excluding ortho intramolecular Hbond substituents is 2. The predicted molar refractivity (Wildman–Crippen MR) is 141 cm³/mol. The van der Waals surface area contributed by atoms with Gasteiger partial charge in [-0.2, -0.15) is 0 Å². The van der Waals surface area contributed by atoms with Crippen LogP contribution in [0.1, 0.15) is 29.3 Å². The summed E-state index contributed by atoms with van der Waals surface area (Å²) in [4.78, 5) is 16.7. The van der Waals surface area contributed by atoms with Crippen molar-refractivity contribution in [2.45, 2.75) is 19.4 Å². The first-order valence-electron chi connectivity index (χ1n) is 12.1. The average molecular weight is 506 g/mol. The lowest BCUT2D eigenvalue weighted by Crippen LogP contribution is -2.35. The van der Waals surface area contributed by atoms with E-state index in [-0.39, 0.29) is 35.9 Å². The molecule has 4 aromatic rings. The van der Waals surface area contributed by atoms with E-state index in [1.807, 2.05) is 6.07 Å². The molecule has 2 N–H and O–H groups in total. The minimum atomic E-state index is -0.271. The maximum Gasteiger partial charge on any atom is 0.195 e. The minimum absolute atomic E-state index is 0.0975. The molecule has 0 bridgehead atoms. The first-order valence-corrected chi connectivity index (χ1v) is 12.9. The monoisotopic (exact) mass is 505 g/mol. The summed E-state index contributed by atoms with van der Waals surface area (Å²) in [6.07, 6.45) is 0.888. The molecule has 36 heavy (non-hydrogen) atoms. The smallest absolute Gasteiger partial charge is 0.195 e. The summed E-state index contributed by atoms with van der Waals surface area (Å²) in [5.74, 6) is 0.900. The number of thiophene rings is 1. The van der Waals surface area contributed by atoms with Crippen LogP contribution in [0, 0.1) is 5.92 Å². The van der Waals surface area contributed by atoms with Gasteiger partial charge in [0.15, 0.2) is 5.78 Å². The number of benzene rings is 3. The van der Waals surface area contributed by atoms with E-state index < -0.39 is 0 Å². The van der Waals surface area contributed by atoms with Crippen LogP contribution in [0.2, 0.25) is 0 Å². The molecular formula is C29H28FNO4S. The Bertz CT molecular complexity index is 1370. The lowest BCUT2D eigenvalue weighted by Gasteiger charge is -2.24. The summed E-state index contributed by atoms with van der Waals surface area (Å²) >= 11 is 1.48. The fourth-order valence-electron chi connectivity index (χ4n) is 4.69. The quantitative estimate of drug-likeness (QED) is 0.276. The molecule has 0 amide bonds. The number of carbonyl (C=O) groups excluding carboxylic acids is 1. The SMILES string of the molecule is C[C@@H](COc1ccc(C(=O)c2c(-c3ccc(O)cc3)sc3ccc(O)cc23)cc1)N1CC[C@@H](CF)C1. The Morgan fingerprint density at radius 2 is 1.81 bits per heavy atom. The zero-order chi connectivity index (χ0) is 25.2. The van der Waals surface area contributed by atoms with Crippen molar-refractivity contribution in [1.82, 2.24) is 4.90 Å². The summed E-state index contributed by atoms with van der Waals surface area (Å²) in [6, 6.07) is 19.1. The molecule has 1 aliphatic rings. The summed E-state index contributed by atoms with van der Waals surface area (Å²) in [5.41, 5.74) is 1.86. The third-order valence-electron chi connectivity index (χ3n) is 6.79. The molecule has 3 aromatic carbocycles. The second-order valence-corrected chi connectivity index (χ2v) is 10.4. The van der Waals surface area contributed by atoms with Gasteiger partial charge in [0.1, 0.15) is 23.9 Å². The highest BCUT2D eigenvalue weighted by Gasteiger charge is 2.26. The molecular weight excluding hydrogens is 477 g/mol. The predicted octanol–water partition coefficient (Wildman–Crippen LogP) is 6.27. The Labute approximate surface area is 213 Å². The van der Waals surface area contributed by atoms with Gasteiger partial charge < -0.3 is 14.9 Å². The Kier molecular flexibility index (Phi) is 6.94. The standard InChI is InChI=1S/C29H28FNO4S/c1-18(31-13-12-19(15-30)16-31)17-35-24-9-4-20(5-10-24)28(34)27-25-14-23(33)8-11-26(25)36-29(27)21-2-6-22(32)7-3-21/h2-11,14,18-19,32-33H,12-13,15-17H2,1H3/t18-,19-/m0/s1. The summed E-state index contributed by atoms with van der Waals surface area (Å²) in [6.45, 7) is 3.96. The molecule has 5 rings (SSSR count). The molecule has 7 heteroatoms. The van der Waals surface area contributed by atoms with Crippen LogP contribution < -0.4 is 4.74 Å². The normalized spacial score (nSPS) is 16.9. The van der Waals surface area contributed by atoms with Crippen molar-refractivity contribution in [3.63, 3.8) is 0 Å². The number of carbonyl (C=O) groups is 1. The van der Waals surface area contributed by atoms with E-state index in [1.54, 1.807) is 60.7 Å². The molecule has 0 aliphatic carbocycles. The van der Waals surface area contributed by atoms with Crippen molar-refractivity contribution in [2.24, 2.45) is 5.92 Å². The van der Waals surface area contributed by atoms with Crippen molar-refractivity contribution in [3.05, 3.63) is 77.9 Å². The second-order valence-electron chi connectivity index (χ2n) is 9.35. The van der Waals surface area contributed by atoms with Crippen LogP contribution >= 0.6 is 11.3 Å². The molecule has 2 atom stereocenters. The van der Waals surface area contributed by atoms with E-state index >= 15 is 0 Å². The van der Waals surface area contributed by atoms with Crippen LogP contribution in [-0.4, -0.2) is 53.3 Å². The molecule has 1 aromatic heterocycles. The van der Waals surface area contributed by atoms with Gasteiger partial charge in [0.05, 0.1) is 6.67 Å². The number of hydrogen-bond acceptors (Lipinski definition) is 6. The van der Waals surface area contributed by atoms with Gasteiger partial charge in [0.25, 0.3) is 0 Å². The number of ketones is 1. The van der Waals surface area contributed by atoms with E-state index in [0.29, 0.717) is 28.9 Å². The maximum atomic E-state index is 13.7. The van der Waals surface area contributed by atoms with E-state index in [2.05, 4.69) is 11.8 Å². The number of aromatic hydroxyl groups is 2. The van der Waals surface area contributed by atoms with Crippen LogP contribution in [0.25, 0.3) is 20.5 Å². The number of nitrogens with zero attached hydrogens (tertiary/aromatic N) is 1. The van der Waals surface area contributed by atoms with Crippen molar-refractivity contribution < 1.29 is 24.1 Å². The van der Waals surface area contributed by atoms with Crippen LogP contribution in [-0.2, 0) is 0 Å². The molecule has 1 aliphatic heterocycles. The minimum Gasteiger partial charge on any atom is -0.508 e. The van der Waals surface area contributed by atoms with Gasteiger partial charge >= 0.3 is 0 Å². The molecule has 0 unspecified atom stereocenters. The molecule has 2 heterocycles. The lowest BCUT2D eigenvalue weighted by molar-refractivity contribution is 0.104. The van der Waals surface area contributed by atoms with Gasteiger partial charge in [-0.3, -0.25) is 14.1 Å². The molecule has 1 saturated heterocycles. The van der Waals surface area contributed by atoms with Crippen LogP contribution in [0.5, 0.6) is 17.2 Å². The maximum absolute atomic E-state index is 13.7. The third kappa shape index (κ3) is 4.94. The van der Waals surface area contributed by atoms with Crippen molar-refractivity contribution >= 4 is 27.2 Å². The van der Waals surface area contributed by atoms with Gasteiger partial charge in [-0.05, 0) is 92.2 Å². The van der Waals surface area contributed by atoms with E-state index in [1.165, 1.54) is 11.3 Å². The Hall–Kier alpha value is -3.42. The summed E-state index contributed by atoms with van der Waals surface area (Å²) in [7, 11) is 0. The molecule has 0 saturated carbocycles. The Morgan fingerprint density at radius 3 is 2.50 bits per heavy atom. The van der Waals surface area contributed by atoms with E-state index in [4.69, 9.17) is 4.74 Å². The van der Waals surface area contributed by atoms with Crippen molar-refractivity contribution in [2.75, 3.05) is 26.4 Å². The summed E-state index contributed by atoms with van der Waals surface area (Å²) in [5, 5.41) is 20.5.